The molecule has 1 aliphatic rings. The molecule has 1 aromatic carbocycles. The van der Waals surface area contributed by atoms with Gasteiger partial charge in [-0.05, 0) is 48.9 Å². The molecule has 0 aliphatic heterocycles. The van der Waals surface area contributed by atoms with E-state index in [2.05, 4.69) is 9.71 Å². The van der Waals surface area contributed by atoms with Crippen molar-refractivity contribution in [2.75, 3.05) is 0 Å². The number of hydrogen-bond donors (Lipinski definition) is 1. The average Bonchev–Trinajstić information content (AvgIpc) is 2.90. The van der Waals surface area contributed by atoms with Gasteiger partial charge in [-0.15, -0.1) is 0 Å². The Bertz CT molecular complexity index is 750. The molecule has 112 valence electrons. The third-order valence-electron chi connectivity index (χ3n) is 3.74. The van der Waals surface area contributed by atoms with Gasteiger partial charge in [-0.1, -0.05) is 6.07 Å². The number of aryl methyl sites for hydroxylation is 3. The van der Waals surface area contributed by atoms with Crippen molar-refractivity contribution in [2.24, 2.45) is 0 Å². The van der Waals surface area contributed by atoms with E-state index in [0.29, 0.717) is 16.5 Å². The molecule has 1 aliphatic carbocycles. The van der Waals surface area contributed by atoms with E-state index in [1.54, 1.807) is 19.1 Å². The largest absolute Gasteiger partial charge is 0.449 e. The number of aromatic nitrogens is 1. The van der Waals surface area contributed by atoms with E-state index >= 15 is 0 Å². The molecule has 21 heavy (non-hydrogen) atoms. The predicted molar refractivity (Wildman–Crippen MR) is 78.3 cm³/mol. The molecule has 3 rings (SSSR count). The Labute approximate surface area is 124 Å². The van der Waals surface area contributed by atoms with Gasteiger partial charge in [0, 0.05) is 6.92 Å². The summed E-state index contributed by atoms with van der Waals surface area (Å²) in [5, 5.41) is 0. The quantitative estimate of drug-likeness (QED) is 0.941. The molecular formula is C15H18N2O3S. The highest BCUT2D eigenvalue weighted by molar-refractivity contribution is 7.89. The standard InChI is InChI=1S/C15H18N2O3S/c1-11-17-14(10-20-11)9-16-21(18,19)15-7-6-12-4-2-3-5-13(12)8-15/h6-8,10,16H,2-5,9H2,1H3. The molecule has 0 saturated carbocycles. The smallest absolute Gasteiger partial charge is 0.240 e. The molecular weight excluding hydrogens is 288 g/mol. The van der Waals surface area contributed by atoms with E-state index in [1.807, 2.05) is 6.07 Å². The monoisotopic (exact) mass is 306 g/mol. The molecule has 0 unspecified atom stereocenters. The second-order valence-electron chi connectivity index (χ2n) is 5.32. The van der Waals surface area contributed by atoms with Crippen molar-refractivity contribution in [1.82, 2.24) is 9.71 Å². The minimum atomic E-state index is -3.51. The lowest BCUT2D eigenvalue weighted by Crippen LogP contribution is -2.23. The van der Waals surface area contributed by atoms with Crippen LogP contribution < -0.4 is 4.72 Å². The molecule has 0 spiro atoms. The Balaban J connectivity index is 1.78. The molecule has 0 fully saturated rings. The average molecular weight is 306 g/mol. The molecule has 1 aromatic heterocycles. The molecule has 0 bridgehead atoms. The summed E-state index contributed by atoms with van der Waals surface area (Å²) < 4.78 is 32.3. The van der Waals surface area contributed by atoms with Gasteiger partial charge in [-0.25, -0.2) is 18.1 Å². The first-order valence-corrected chi connectivity index (χ1v) is 8.55. The van der Waals surface area contributed by atoms with Crippen molar-refractivity contribution in [3.05, 3.63) is 47.2 Å². The van der Waals surface area contributed by atoms with Crippen LogP contribution in [-0.2, 0) is 29.4 Å². The third kappa shape index (κ3) is 3.16. The summed E-state index contributed by atoms with van der Waals surface area (Å²) in [6.45, 7) is 1.86. The Hall–Kier alpha value is -1.66. The molecule has 2 aromatic rings. The van der Waals surface area contributed by atoms with Crippen LogP contribution in [0.5, 0.6) is 0 Å². The first-order chi connectivity index (χ1) is 10.0. The van der Waals surface area contributed by atoms with E-state index in [4.69, 9.17) is 4.42 Å². The Morgan fingerprint density at radius 3 is 2.71 bits per heavy atom. The van der Waals surface area contributed by atoms with E-state index in [-0.39, 0.29) is 6.54 Å². The van der Waals surface area contributed by atoms with Crippen LogP contribution in [0.2, 0.25) is 0 Å². The number of nitrogens with zero attached hydrogens (tertiary/aromatic N) is 1. The van der Waals surface area contributed by atoms with Crippen molar-refractivity contribution in [2.45, 2.75) is 44.0 Å². The van der Waals surface area contributed by atoms with Gasteiger partial charge in [0.25, 0.3) is 0 Å². The SMILES string of the molecule is Cc1nc(CNS(=O)(=O)c2ccc3c(c2)CCCC3)co1. The van der Waals surface area contributed by atoms with Crippen LogP contribution in [0.25, 0.3) is 0 Å². The fourth-order valence-electron chi connectivity index (χ4n) is 2.62. The minimum Gasteiger partial charge on any atom is -0.449 e. The fraction of sp³-hybridized carbons (Fsp3) is 0.400. The van der Waals surface area contributed by atoms with Gasteiger partial charge in [0.15, 0.2) is 5.89 Å². The first-order valence-electron chi connectivity index (χ1n) is 7.07. The van der Waals surface area contributed by atoms with Gasteiger partial charge in [-0.2, -0.15) is 0 Å². The van der Waals surface area contributed by atoms with Gasteiger partial charge in [-0.3, -0.25) is 0 Å². The third-order valence-corrected chi connectivity index (χ3v) is 5.14. The van der Waals surface area contributed by atoms with Crippen LogP contribution in [0.15, 0.2) is 33.8 Å². The Morgan fingerprint density at radius 2 is 2.00 bits per heavy atom. The number of sulfonamides is 1. The zero-order valence-corrected chi connectivity index (χ0v) is 12.7. The number of fused-ring (bicyclic) bond motifs is 1. The normalized spacial score (nSPS) is 14.9. The maximum atomic E-state index is 12.3. The van der Waals surface area contributed by atoms with Crippen molar-refractivity contribution in [3.8, 4) is 0 Å². The van der Waals surface area contributed by atoms with E-state index in [9.17, 15) is 8.42 Å². The Kier molecular flexibility index (Phi) is 3.82. The number of hydrogen-bond acceptors (Lipinski definition) is 4. The number of rotatable bonds is 4. The molecule has 0 radical (unpaired) electrons. The van der Waals surface area contributed by atoms with Crippen molar-refractivity contribution >= 4 is 10.0 Å². The molecule has 6 heteroatoms. The first kappa shape index (κ1) is 14.3. The molecule has 0 atom stereocenters. The molecule has 0 saturated heterocycles. The van der Waals surface area contributed by atoms with Crippen LogP contribution in [0.4, 0.5) is 0 Å². The van der Waals surface area contributed by atoms with Crippen LogP contribution in [-0.4, -0.2) is 13.4 Å². The van der Waals surface area contributed by atoms with Crippen LogP contribution >= 0.6 is 0 Å². The lowest BCUT2D eigenvalue weighted by molar-refractivity contribution is 0.520. The number of benzene rings is 1. The molecule has 5 nitrogen and oxygen atoms in total. The number of nitrogens with one attached hydrogen (secondary N) is 1. The lowest BCUT2D eigenvalue weighted by Gasteiger charge is -2.16. The van der Waals surface area contributed by atoms with E-state index < -0.39 is 10.0 Å². The predicted octanol–water partition coefficient (Wildman–Crippen LogP) is 2.34. The Morgan fingerprint density at radius 1 is 1.24 bits per heavy atom. The highest BCUT2D eigenvalue weighted by atomic mass is 32.2. The van der Waals surface area contributed by atoms with Gasteiger partial charge in [0.1, 0.15) is 6.26 Å². The van der Waals surface area contributed by atoms with E-state index in [1.165, 1.54) is 18.2 Å². The van der Waals surface area contributed by atoms with Gasteiger partial charge < -0.3 is 4.42 Å². The zero-order valence-electron chi connectivity index (χ0n) is 11.9. The molecule has 0 amide bonds. The molecule has 1 N–H and O–H groups in total. The van der Waals surface area contributed by atoms with Gasteiger partial charge in [0.05, 0.1) is 17.1 Å². The highest BCUT2D eigenvalue weighted by Crippen LogP contribution is 2.24. The summed E-state index contributed by atoms with van der Waals surface area (Å²) in [4.78, 5) is 4.41. The molecule has 1 heterocycles. The van der Waals surface area contributed by atoms with Crippen LogP contribution in [0.1, 0.15) is 35.6 Å². The fourth-order valence-corrected chi connectivity index (χ4v) is 3.67. The van der Waals surface area contributed by atoms with Crippen LogP contribution in [0, 0.1) is 6.92 Å². The summed E-state index contributed by atoms with van der Waals surface area (Å²) in [7, 11) is -3.51. The van der Waals surface area contributed by atoms with Gasteiger partial charge in [0.2, 0.25) is 10.0 Å². The maximum absolute atomic E-state index is 12.3. The summed E-state index contributed by atoms with van der Waals surface area (Å²) in [5.41, 5.74) is 3.00. The summed E-state index contributed by atoms with van der Waals surface area (Å²) in [6, 6.07) is 5.41. The second kappa shape index (κ2) is 5.61. The zero-order chi connectivity index (χ0) is 14.9. The van der Waals surface area contributed by atoms with E-state index in [0.717, 1.165) is 24.8 Å². The summed E-state index contributed by atoms with van der Waals surface area (Å²) in [6.07, 6.45) is 5.78. The summed E-state index contributed by atoms with van der Waals surface area (Å²) >= 11 is 0. The van der Waals surface area contributed by atoms with Crippen molar-refractivity contribution in [3.63, 3.8) is 0 Å². The summed E-state index contributed by atoms with van der Waals surface area (Å²) in [5.74, 6) is 0.526. The van der Waals surface area contributed by atoms with Crippen molar-refractivity contribution in [1.29, 1.82) is 0 Å². The second-order valence-corrected chi connectivity index (χ2v) is 7.09. The topological polar surface area (TPSA) is 72.2 Å². The lowest BCUT2D eigenvalue weighted by atomic mass is 9.92. The number of oxazole rings is 1. The highest BCUT2D eigenvalue weighted by Gasteiger charge is 2.18. The van der Waals surface area contributed by atoms with Crippen LogP contribution in [0.3, 0.4) is 0 Å². The maximum Gasteiger partial charge on any atom is 0.240 e. The van der Waals surface area contributed by atoms with Crippen molar-refractivity contribution < 1.29 is 12.8 Å². The minimum absolute atomic E-state index is 0.136. The van der Waals surface area contributed by atoms with Gasteiger partial charge >= 0.3 is 0 Å².